The third-order valence-corrected chi connectivity index (χ3v) is 4.12. The molecule has 0 amide bonds. The first-order valence-electron chi connectivity index (χ1n) is 6.54. The van der Waals surface area contributed by atoms with Crippen molar-refractivity contribution in [2.45, 2.75) is 80.1 Å². The first kappa shape index (κ1) is 14.0. The highest BCUT2D eigenvalue weighted by atomic mass is 14.4. The molecular formula is C14H30. The van der Waals surface area contributed by atoms with E-state index in [2.05, 4.69) is 27.7 Å². The lowest BCUT2D eigenvalue weighted by Crippen LogP contribution is -2.31. The second-order valence-electron chi connectivity index (χ2n) is 5.36. The Labute approximate surface area is 91.5 Å². The highest BCUT2D eigenvalue weighted by Crippen LogP contribution is 2.49. The summed E-state index contributed by atoms with van der Waals surface area (Å²) in [6, 6.07) is 0. The highest BCUT2D eigenvalue weighted by molar-refractivity contribution is 4.88. The van der Waals surface area contributed by atoms with Crippen molar-refractivity contribution >= 4 is 0 Å². The van der Waals surface area contributed by atoms with E-state index >= 15 is 0 Å². The molecule has 14 heavy (non-hydrogen) atoms. The average molecular weight is 198 g/mol. The van der Waals surface area contributed by atoms with Gasteiger partial charge in [-0.05, 0) is 30.1 Å². The van der Waals surface area contributed by atoms with E-state index in [4.69, 9.17) is 0 Å². The molecule has 0 heteroatoms. The van der Waals surface area contributed by atoms with Gasteiger partial charge in [0.15, 0.2) is 0 Å². The number of rotatable bonds is 2. The quantitative estimate of drug-likeness (QED) is 0.556. The summed E-state index contributed by atoms with van der Waals surface area (Å²) >= 11 is 0. The summed E-state index contributed by atoms with van der Waals surface area (Å²) in [5, 5.41) is 0. The molecule has 0 spiro atoms. The molecule has 0 heterocycles. The summed E-state index contributed by atoms with van der Waals surface area (Å²) in [5.74, 6) is 0. The summed E-state index contributed by atoms with van der Waals surface area (Å²) in [6.45, 7) is 13.6. The monoisotopic (exact) mass is 198 g/mol. The van der Waals surface area contributed by atoms with Crippen molar-refractivity contribution in [2.24, 2.45) is 10.8 Å². The summed E-state index contributed by atoms with van der Waals surface area (Å²) in [5.41, 5.74) is 1.31. The van der Waals surface area contributed by atoms with Gasteiger partial charge in [0.1, 0.15) is 0 Å². The van der Waals surface area contributed by atoms with Gasteiger partial charge < -0.3 is 0 Å². The molecular weight excluding hydrogens is 168 g/mol. The zero-order chi connectivity index (χ0) is 11.2. The fourth-order valence-corrected chi connectivity index (χ4v) is 2.75. The predicted octanol–water partition coefficient (Wildman–Crippen LogP) is 5.42. The lowest BCUT2D eigenvalue weighted by molar-refractivity contribution is 0.0779. The Hall–Kier alpha value is 0. The van der Waals surface area contributed by atoms with Crippen LogP contribution in [0.15, 0.2) is 0 Å². The fraction of sp³-hybridized carbons (Fsp3) is 1.00. The smallest absolute Gasteiger partial charge is 0.0323 e. The maximum absolute atomic E-state index is 2.47. The van der Waals surface area contributed by atoms with Crippen LogP contribution in [0.25, 0.3) is 0 Å². The topological polar surface area (TPSA) is 0 Å². The van der Waals surface area contributed by atoms with E-state index in [0.717, 1.165) is 0 Å². The molecule has 0 bridgehead atoms. The van der Waals surface area contributed by atoms with Gasteiger partial charge in [0, 0.05) is 0 Å². The Bertz CT molecular complexity index is 134. The Kier molecular flexibility index (Phi) is 5.78. The molecule has 1 saturated carbocycles. The van der Waals surface area contributed by atoms with Crippen molar-refractivity contribution in [3.8, 4) is 0 Å². The molecule has 0 aromatic rings. The van der Waals surface area contributed by atoms with E-state index in [0.29, 0.717) is 10.8 Å². The lowest BCUT2D eigenvalue weighted by atomic mass is 9.62. The molecule has 0 nitrogen and oxygen atoms in total. The summed E-state index contributed by atoms with van der Waals surface area (Å²) in [4.78, 5) is 0. The van der Waals surface area contributed by atoms with Gasteiger partial charge in [-0.3, -0.25) is 0 Å². The van der Waals surface area contributed by atoms with Crippen LogP contribution in [-0.4, -0.2) is 0 Å². The SMILES string of the molecule is CC.CCC1(C)CCCC(C)(CC)C1. The minimum atomic E-state index is 0.656. The van der Waals surface area contributed by atoms with E-state index in [1.54, 1.807) is 0 Å². The molecule has 0 radical (unpaired) electrons. The zero-order valence-electron chi connectivity index (χ0n) is 11.2. The van der Waals surface area contributed by atoms with Crippen molar-refractivity contribution < 1.29 is 0 Å². The molecule has 2 atom stereocenters. The van der Waals surface area contributed by atoms with E-state index < -0.39 is 0 Å². The highest BCUT2D eigenvalue weighted by Gasteiger charge is 2.36. The van der Waals surface area contributed by atoms with Crippen LogP contribution in [0.1, 0.15) is 80.1 Å². The molecule has 0 saturated heterocycles. The average Bonchev–Trinajstić information content (AvgIpc) is 2.21. The van der Waals surface area contributed by atoms with E-state index in [1.165, 1.54) is 38.5 Å². The first-order chi connectivity index (χ1) is 6.54. The molecule has 0 aromatic carbocycles. The van der Waals surface area contributed by atoms with Gasteiger partial charge in [0.05, 0.1) is 0 Å². The summed E-state index contributed by atoms with van der Waals surface area (Å²) < 4.78 is 0. The Morgan fingerprint density at radius 2 is 1.21 bits per heavy atom. The Morgan fingerprint density at radius 1 is 0.857 bits per heavy atom. The standard InChI is InChI=1S/C12H24.C2H6/c1-5-11(3)8-7-9-12(4,6-2)10-11;1-2/h5-10H2,1-4H3;1-2H3. The maximum Gasteiger partial charge on any atom is -0.0323 e. The third kappa shape index (κ3) is 3.63. The van der Waals surface area contributed by atoms with Crippen LogP contribution in [0.5, 0.6) is 0 Å². The van der Waals surface area contributed by atoms with E-state index in [-0.39, 0.29) is 0 Å². The lowest BCUT2D eigenvalue weighted by Gasteiger charge is -2.44. The molecule has 86 valence electrons. The fourth-order valence-electron chi connectivity index (χ4n) is 2.75. The number of hydrogen-bond acceptors (Lipinski definition) is 0. The van der Waals surface area contributed by atoms with Gasteiger partial charge in [-0.1, -0.05) is 60.8 Å². The van der Waals surface area contributed by atoms with E-state index in [1.807, 2.05) is 13.8 Å². The Balaban J connectivity index is 0.000000791. The van der Waals surface area contributed by atoms with Gasteiger partial charge in [0.2, 0.25) is 0 Å². The Morgan fingerprint density at radius 3 is 1.50 bits per heavy atom. The van der Waals surface area contributed by atoms with Crippen LogP contribution >= 0.6 is 0 Å². The molecule has 0 aromatic heterocycles. The molecule has 1 fully saturated rings. The second-order valence-corrected chi connectivity index (χ2v) is 5.36. The minimum absolute atomic E-state index is 0.656. The van der Waals surface area contributed by atoms with Gasteiger partial charge in [-0.15, -0.1) is 0 Å². The minimum Gasteiger partial charge on any atom is -0.0683 e. The molecule has 2 unspecified atom stereocenters. The molecule has 1 aliphatic rings. The normalized spacial score (nSPS) is 37.3. The van der Waals surface area contributed by atoms with Crippen LogP contribution in [0.4, 0.5) is 0 Å². The van der Waals surface area contributed by atoms with Crippen molar-refractivity contribution in [1.29, 1.82) is 0 Å². The third-order valence-electron chi connectivity index (χ3n) is 4.12. The van der Waals surface area contributed by atoms with Gasteiger partial charge in [-0.25, -0.2) is 0 Å². The van der Waals surface area contributed by atoms with E-state index in [9.17, 15) is 0 Å². The van der Waals surface area contributed by atoms with Gasteiger partial charge in [-0.2, -0.15) is 0 Å². The largest absolute Gasteiger partial charge is 0.0683 e. The first-order valence-corrected chi connectivity index (χ1v) is 6.54. The van der Waals surface area contributed by atoms with Gasteiger partial charge >= 0.3 is 0 Å². The second kappa shape index (κ2) is 5.78. The molecule has 0 N–H and O–H groups in total. The van der Waals surface area contributed by atoms with Crippen LogP contribution in [0.3, 0.4) is 0 Å². The summed E-state index contributed by atoms with van der Waals surface area (Å²) in [6.07, 6.45) is 8.55. The van der Waals surface area contributed by atoms with Crippen LogP contribution in [0.2, 0.25) is 0 Å². The summed E-state index contributed by atoms with van der Waals surface area (Å²) in [7, 11) is 0. The van der Waals surface area contributed by atoms with Crippen molar-refractivity contribution in [2.75, 3.05) is 0 Å². The molecule has 1 rings (SSSR count). The molecule has 1 aliphatic carbocycles. The zero-order valence-corrected chi connectivity index (χ0v) is 11.2. The van der Waals surface area contributed by atoms with Crippen LogP contribution in [-0.2, 0) is 0 Å². The van der Waals surface area contributed by atoms with Crippen LogP contribution in [0, 0.1) is 10.8 Å². The predicted molar refractivity (Wildman–Crippen MR) is 66.6 cm³/mol. The molecule has 0 aliphatic heterocycles. The van der Waals surface area contributed by atoms with Gasteiger partial charge in [0.25, 0.3) is 0 Å². The van der Waals surface area contributed by atoms with Crippen molar-refractivity contribution in [3.05, 3.63) is 0 Å². The van der Waals surface area contributed by atoms with Crippen molar-refractivity contribution in [3.63, 3.8) is 0 Å². The maximum atomic E-state index is 2.47. The van der Waals surface area contributed by atoms with Crippen molar-refractivity contribution in [1.82, 2.24) is 0 Å². The number of hydrogen-bond donors (Lipinski definition) is 0. The van der Waals surface area contributed by atoms with Crippen LogP contribution < -0.4 is 0 Å².